The van der Waals surface area contributed by atoms with Crippen molar-refractivity contribution in [3.63, 3.8) is 0 Å². The van der Waals surface area contributed by atoms with E-state index >= 15 is 0 Å². The van der Waals surface area contributed by atoms with Gasteiger partial charge >= 0.3 is 0 Å². The minimum absolute atomic E-state index is 0.0199. The highest BCUT2D eigenvalue weighted by Gasteiger charge is 2.19. The molecule has 0 fully saturated rings. The normalized spacial score (nSPS) is 13.2. The van der Waals surface area contributed by atoms with Gasteiger partial charge in [-0.05, 0) is 47.0 Å². The van der Waals surface area contributed by atoms with Crippen molar-refractivity contribution in [2.75, 3.05) is 4.90 Å². The fourth-order valence-corrected chi connectivity index (χ4v) is 3.48. The summed E-state index contributed by atoms with van der Waals surface area (Å²) in [4.78, 5) is 14.9. The van der Waals surface area contributed by atoms with Gasteiger partial charge in [0.25, 0.3) is 0 Å². The van der Waals surface area contributed by atoms with E-state index < -0.39 is 0 Å². The molecule has 2 nitrogen and oxygen atoms in total. The summed E-state index contributed by atoms with van der Waals surface area (Å²) in [6.45, 7) is 1.78. The standard InChI is InChI=1S/C23H18BrNO/c24-21-11-8-17(9-12-21)10-13-23(26)18-6-3-7-22(14-18)25-15-19-4-1-2-5-20(19)16-25/h1-14H,15-16H2/b13-10+. The van der Waals surface area contributed by atoms with Crippen molar-refractivity contribution in [2.45, 2.75) is 13.1 Å². The number of carbonyl (C=O) groups is 1. The molecule has 0 atom stereocenters. The summed E-state index contributed by atoms with van der Waals surface area (Å²) in [6.07, 6.45) is 3.49. The molecule has 4 rings (SSSR count). The SMILES string of the molecule is O=C(/C=C/c1ccc(Br)cc1)c1cccc(N2Cc3ccccc3C2)c1. The number of hydrogen-bond acceptors (Lipinski definition) is 2. The Bertz CT molecular complexity index is 951. The maximum absolute atomic E-state index is 12.6. The Morgan fingerprint density at radius 1 is 0.885 bits per heavy atom. The highest BCUT2D eigenvalue weighted by molar-refractivity contribution is 9.10. The molecule has 0 spiro atoms. The first kappa shape index (κ1) is 16.8. The average molecular weight is 404 g/mol. The Hall–Kier alpha value is -2.65. The second-order valence-corrected chi connectivity index (χ2v) is 7.34. The number of nitrogens with zero attached hydrogens (tertiary/aromatic N) is 1. The molecule has 0 aliphatic carbocycles. The van der Waals surface area contributed by atoms with E-state index in [-0.39, 0.29) is 5.78 Å². The van der Waals surface area contributed by atoms with E-state index in [9.17, 15) is 4.79 Å². The number of halogens is 1. The molecule has 0 bridgehead atoms. The smallest absolute Gasteiger partial charge is 0.185 e. The van der Waals surface area contributed by atoms with Crippen molar-refractivity contribution < 1.29 is 4.79 Å². The molecule has 3 aromatic carbocycles. The lowest BCUT2D eigenvalue weighted by Gasteiger charge is -2.18. The van der Waals surface area contributed by atoms with Gasteiger partial charge < -0.3 is 4.90 Å². The molecule has 0 aromatic heterocycles. The van der Waals surface area contributed by atoms with Gasteiger partial charge in [0.1, 0.15) is 0 Å². The van der Waals surface area contributed by atoms with Gasteiger partial charge in [-0.2, -0.15) is 0 Å². The van der Waals surface area contributed by atoms with Crippen molar-refractivity contribution >= 4 is 33.5 Å². The number of allylic oxidation sites excluding steroid dienone is 1. The van der Waals surface area contributed by atoms with E-state index in [4.69, 9.17) is 0 Å². The average Bonchev–Trinajstić information content (AvgIpc) is 3.12. The zero-order valence-electron chi connectivity index (χ0n) is 14.2. The number of rotatable bonds is 4. The zero-order chi connectivity index (χ0) is 17.9. The summed E-state index contributed by atoms with van der Waals surface area (Å²) in [5.41, 5.74) is 5.53. The molecule has 128 valence electrons. The third kappa shape index (κ3) is 3.63. The Balaban J connectivity index is 1.51. The van der Waals surface area contributed by atoms with Crippen molar-refractivity contribution in [1.82, 2.24) is 0 Å². The van der Waals surface area contributed by atoms with Crippen LogP contribution in [0.5, 0.6) is 0 Å². The molecular weight excluding hydrogens is 386 g/mol. The predicted molar refractivity (Wildman–Crippen MR) is 110 cm³/mol. The number of benzene rings is 3. The molecule has 3 aromatic rings. The Morgan fingerprint density at radius 3 is 2.27 bits per heavy atom. The van der Waals surface area contributed by atoms with Crippen LogP contribution in [0.15, 0.2) is 83.3 Å². The fraction of sp³-hybridized carbons (Fsp3) is 0.0870. The summed E-state index contributed by atoms with van der Waals surface area (Å²) in [5.74, 6) is 0.0199. The minimum Gasteiger partial charge on any atom is -0.363 e. The molecule has 0 radical (unpaired) electrons. The monoisotopic (exact) mass is 403 g/mol. The van der Waals surface area contributed by atoms with E-state index in [2.05, 4.69) is 51.2 Å². The molecule has 1 aliphatic rings. The lowest BCUT2D eigenvalue weighted by Crippen LogP contribution is -2.14. The van der Waals surface area contributed by atoms with Crippen molar-refractivity contribution in [2.24, 2.45) is 0 Å². The highest BCUT2D eigenvalue weighted by atomic mass is 79.9. The molecule has 1 heterocycles. The van der Waals surface area contributed by atoms with Crippen LogP contribution in [-0.2, 0) is 13.1 Å². The quantitative estimate of drug-likeness (QED) is 0.401. The minimum atomic E-state index is 0.0199. The molecule has 0 saturated carbocycles. The Morgan fingerprint density at radius 2 is 1.58 bits per heavy atom. The molecule has 3 heteroatoms. The molecule has 0 N–H and O–H groups in total. The molecule has 0 unspecified atom stereocenters. The molecule has 0 saturated heterocycles. The fourth-order valence-electron chi connectivity index (χ4n) is 3.21. The van der Waals surface area contributed by atoms with Gasteiger partial charge in [-0.25, -0.2) is 0 Å². The first-order valence-electron chi connectivity index (χ1n) is 8.59. The summed E-state index contributed by atoms with van der Waals surface area (Å²) in [6, 6.07) is 24.3. The van der Waals surface area contributed by atoms with Crippen molar-refractivity contribution in [3.05, 3.63) is 106 Å². The van der Waals surface area contributed by atoms with Gasteiger partial charge in [0.15, 0.2) is 5.78 Å². The number of carbonyl (C=O) groups excluding carboxylic acids is 1. The lowest BCUT2D eigenvalue weighted by atomic mass is 10.1. The van der Waals surface area contributed by atoms with Gasteiger partial charge in [-0.3, -0.25) is 4.79 Å². The van der Waals surface area contributed by atoms with E-state index in [0.717, 1.165) is 28.8 Å². The van der Waals surface area contributed by atoms with Crippen LogP contribution in [0.25, 0.3) is 6.08 Å². The van der Waals surface area contributed by atoms with Crippen LogP contribution in [-0.4, -0.2) is 5.78 Å². The molecule has 26 heavy (non-hydrogen) atoms. The third-order valence-corrected chi connectivity index (χ3v) is 5.16. The molecule has 1 aliphatic heterocycles. The van der Waals surface area contributed by atoms with Crippen molar-refractivity contribution in [3.8, 4) is 0 Å². The van der Waals surface area contributed by atoms with Gasteiger partial charge in [-0.1, -0.05) is 70.5 Å². The second kappa shape index (κ2) is 7.30. The lowest BCUT2D eigenvalue weighted by molar-refractivity contribution is 0.104. The van der Waals surface area contributed by atoms with E-state index in [1.54, 1.807) is 6.08 Å². The van der Waals surface area contributed by atoms with Gasteiger partial charge in [0.05, 0.1) is 0 Å². The molecular formula is C23H18BrNO. The Kier molecular flexibility index (Phi) is 4.72. The van der Waals surface area contributed by atoms with Crippen LogP contribution >= 0.6 is 15.9 Å². The number of fused-ring (bicyclic) bond motifs is 1. The van der Waals surface area contributed by atoms with E-state index in [1.165, 1.54) is 11.1 Å². The van der Waals surface area contributed by atoms with Crippen LogP contribution in [0.1, 0.15) is 27.0 Å². The summed E-state index contributed by atoms with van der Waals surface area (Å²) in [5, 5.41) is 0. The van der Waals surface area contributed by atoms with Crippen LogP contribution in [0, 0.1) is 0 Å². The number of anilines is 1. The predicted octanol–water partition coefficient (Wildman–Crippen LogP) is 5.87. The first-order chi connectivity index (χ1) is 12.7. The summed E-state index contributed by atoms with van der Waals surface area (Å²) in [7, 11) is 0. The second-order valence-electron chi connectivity index (χ2n) is 6.42. The zero-order valence-corrected chi connectivity index (χ0v) is 15.8. The van der Waals surface area contributed by atoms with Gasteiger partial charge in [0, 0.05) is 28.8 Å². The number of hydrogen-bond donors (Lipinski definition) is 0. The maximum atomic E-state index is 12.6. The van der Waals surface area contributed by atoms with Crippen LogP contribution in [0.2, 0.25) is 0 Å². The summed E-state index contributed by atoms with van der Waals surface area (Å²) < 4.78 is 1.03. The van der Waals surface area contributed by atoms with Crippen LogP contribution in [0.4, 0.5) is 5.69 Å². The maximum Gasteiger partial charge on any atom is 0.185 e. The topological polar surface area (TPSA) is 20.3 Å². The Labute approximate surface area is 161 Å². The van der Waals surface area contributed by atoms with Crippen LogP contribution < -0.4 is 4.90 Å². The van der Waals surface area contributed by atoms with E-state index in [1.807, 2.05) is 48.5 Å². The van der Waals surface area contributed by atoms with Gasteiger partial charge in [0.2, 0.25) is 0 Å². The van der Waals surface area contributed by atoms with Crippen LogP contribution in [0.3, 0.4) is 0 Å². The first-order valence-corrected chi connectivity index (χ1v) is 9.38. The highest BCUT2D eigenvalue weighted by Crippen LogP contribution is 2.28. The molecule has 0 amide bonds. The summed E-state index contributed by atoms with van der Waals surface area (Å²) >= 11 is 3.42. The number of ketones is 1. The van der Waals surface area contributed by atoms with Gasteiger partial charge in [-0.15, -0.1) is 0 Å². The largest absolute Gasteiger partial charge is 0.363 e. The van der Waals surface area contributed by atoms with Crippen molar-refractivity contribution in [1.29, 1.82) is 0 Å². The van der Waals surface area contributed by atoms with E-state index in [0.29, 0.717) is 5.56 Å². The third-order valence-electron chi connectivity index (χ3n) is 4.63.